The fourth-order valence-corrected chi connectivity index (χ4v) is 1.69. The topological polar surface area (TPSA) is 20.2 Å². The third-order valence-electron chi connectivity index (χ3n) is 2.46. The summed E-state index contributed by atoms with van der Waals surface area (Å²) >= 11 is 2.16. The maximum absolute atomic E-state index is 12.5. The molecule has 0 amide bonds. The number of aliphatic hydroxyl groups is 1. The molecule has 0 aliphatic carbocycles. The molecule has 0 aromatic carbocycles. The van der Waals surface area contributed by atoms with Gasteiger partial charge in [0.25, 0.3) is 0 Å². The van der Waals surface area contributed by atoms with Crippen LogP contribution in [0.4, 0.5) is 8.78 Å². The molecule has 0 bridgehead atoms. The minimum absolute atomic E-state index is 0.173. The van der Waals surface area contributed by atoms with E-state index in [1.165, 1.54) is 25.7 Å². The summed E-state index contributed by atoms with van der Waals surface area (Å²) in [6.45, 7) is 2.16. The highest BCUT2D eigenvalue weighted by molar-refractivity contribution is 9.10. The molecule has 1 atom stereocenters. The summed E-state index contributed by atoms with van der Waals surface area (Å²) in [6.07, 6.45) is 6.19. The van der Waals surface area contributed by atoms with Crippen molar-refractivity contribution in [3.05, 3.63) is 0 Å². The molecule has 0 rings (SSSR count). The lowest BCUT2D eigenvalue weighted by Gasteiger charge is -2.15. The second-order valence-corrected chi connectivity index (χ2v) is 5.02. The lowest BCUT2D eigenvalue weighted by atomic mass is 10.1. The average Bonchev–Trinajstić information content (AvgIpc) is 2.14. The number of unbranched alkanes of at least 4 members (excludes halogenated alkanes) is 6. The number of halogens is 3. The van der Waals surface area contributed by atoms with Crippen molar-refractivity contribution in [2.75, 3.05) is 0 Å². The molecule has 1 N–H and O–H groups in total. The van der Waals surface area contributed by atoms with Gasteiger partial charge < -0.3 is 5.11 Å². The van der Waals surface area contributed by atoms with Crippen molar-refractivity contribution in [2.45, 2.75) is 69.2 Å². The maximum atomic E-state index is 12.5. The Bertz CT molecular complexity index is 148. The zero-order valence-corrected chi connectivity index (χ0v) is 10.9. The van der Waals surface area contributed by atoms with Crippen molar-refractivity contribution in [1.29, 1.82) is 0 Å². The normalized spacial score (nSPS) is 14.2. The van der Waals surface area contributed by atoms with Crippen molar-refractivity contribution in [1.82, 2.24) is 0 Å². The zero-order valence-electron chi connectivity index (χ0n) is 9.32. The molecule has 0 heterocycles. The van der Waals surface area contributed by atoms with Gasteiger partial charge in [0.1, 0.15) is 6.10 Å². The van der Waals surface area contributed by atoms with E-state index in [9.17, 15) is 8.78 Å². The van der Waals surface area contributed by atoms with Crippen LogP contribution in [0.3, 0.4) is 0 Å². The standard InChI is InChI=1S/C11H21BrF2O/c1-2-3-4-5-6-7-8-9-10(15)11(12,13)14/h10,15H,2-9H2,1H3. The van der Waals surface area contributed by atoms with Gasteiger partial charge in [0.15, 0.2) is 0 Å². The van der Waals surface area contributed by atoms with Crippen LogP contribution in [0.5, 0.6) is 0 Å². The van der Waals surface area contributed by atoms with Crippen LogP contribution < -0.4 is 0 Å². The quantitative estimate of drug-likeness (QED) is 0.490. The summed E-state index contributed by atoms with van der Waals surface area (Å²) in [7, 11) is 0. The molecule has 15 heavy (non-hydrogen) atoms. The van der Waals surface area contributed by atoms with Crippen LogP contribution in [0.2, 0.25) is 0 Å². The molecule has 0 aliphatic heterocycles. The summed E-state index contributed by atoms with van der Waals surface area (Å²) in [4.78, 5) is -3.13. The molecule has 0 radical (unpaired) electrons. The molecule has 0 aromatic heterocycles. The first-order valence-electron chi connectivity index (χ1n) is 5.73. The van der Waals surface area contributed by atoms with Gasteiger partial charge in [-0.1, -0.05) is 51.9 Å². The van der Waals surface area contributed by atoms with Gasteiger partial charge in [0, 0.05) is 0 Å². The van der Waals surface area contributed by atoms with Gasteiger partial charge in [-0.3, -0.25) is 0 Å². The molecular formula is C11H21BrF2O. The first-order valence-corrected chi connectivity index (χ1v) is 6.52. The Kier molecular flexibility index (Phi) is 8.62. The molecule has 0 saturated heterocycles. The summed E-state index contributed by atoms with van der Waals surface area (Å²) in [5.41, 5.74) is 0. The Labute approximate surface area is 99.4 Å². The molecule has 1 unspecified atom stereocenters. The fourth-order valence-electron chi connectivity index (χ4n) is 1.46. The third kappa shape index (κ3) is 9.24. The SMILES string of the molecule is CCCCCCCCCC(O)C(F)(F)Br. The minimum Gasteiger partial charge on any atom is -0.386 e. The van der Waals surface area contributed by atoms with Crippen LogP contribution in [0.1, 0.15) is 58.3 Å². The van der Waals surface area contributed by atoms with Crippen molar-refractivity contribution >= 4 is 15.9 Å². The first kappa shape index (κ1) is 15.3. The van der Waals surface area contributed by atoms with Gasteiger partial charge in [-0.25, -0.2) is 0 Å². The van der Waals surface area contributed by atoms with Gasteiger partial charge in [0.2, 0.25) is 0 Å². The smallest absolute Gasteiger partial charge is 0.326 e. The first-order chi connectivity index (χ1) is 6.98. The van der Waals surface area contributed by atoms with Crippen LogP contribution in [0.15, 0.2) is 0 Å². The molecule has 4 heteroatoms. The predicted molar refractivity (Wildman–Crippen MR) is 62.5 cm³/mol. The molecule has 1 nitrogen and oxygen atoms in total. The predicted octanol–water partition coefficient (Wildman–Crippen LogP) is 4.48. The second-order valence-electron chi connectivity index (χ2n) is 3.97. The van der Waals surface area contributed by atoms with Crippen LogP contribution in [0.25, 0.3) is 0 Å². The summed E-state index contributed by atoms with van der Waals surface area (Å²) in [6, 6.07) is 0. The third-order valence-corrected chi connectivity index (χ3v) is 2.99. The Morgan fingerprint density at radius 1 is 1.07 bits per heavy atom. The number of aliphatic hydroxyl groups excluding tert-OH is 1. The monoisotopic (exact) mass is 286 g/mol. The van der Waals surface area contributed by atoms with Crippen LogP contribution in [-0.4, -0.2) is 16.0 Å². The number of hydrogen-bond donors (Lipinski definition) is 1. The van der Waals surface area contributed by atoms with Gasteiger partial charge in [-0.05, 0) is 22.4 Å². The number of alkyl halides is 3. The van der Waals surface area contributed by atoms with E-state index < -0.39 is 10.9 Å². The minimum atomic E-state index is -3.13. The Morgan fingerprint density at radius 3 is 2.00 bits per heavy atom. The number of rotatable bonds is 9. The fraction of sp³-hybridized carbons (Fsp3) is 1.00. The van der Waals surface area contributed by atoms with E-state index in [2.05, 4.69) is 22.9 Å². The molecule has 0 aromatic rings. The maximum Gasteiger partial charge on any atom is 0.326 e. The lowest BCUT2D eigenvalue weighted by molar-refractivity contribution is -0.0327. The lowest BCUT2D eigenvalue weighted by Crippen LogP contribution is -2.26. The summed E-state index contributed by atoms with van der Waals surface area (Å²) in [5, 5.41) is 9.03. The highest BCUT2D eigenvalue weighted by atomic mass is 79.9. The molecule has 0 saturated carbocycles. The van der Waals surface area contributed by atoms with Crippen molar-refractivity contribution in [3.8, 4) is 0 Å². The molecule has 0 spiro atoms. The zero-order chi connectivity index (χ0) is 11.7. The van der Waals surface area contributed by atoms with E-state index in [0.29, 0.717) is 6.42 Å². The van der Waals surface area contributed by atoms with E-state index in [-0.39, 0.29) is 6.42 Å². The van der Waals surface area contributed by atoms with E-state index in [4.69, 9.17) is 5.11 Å². The Hall–Kier alpha value is 0.300. The Morgan fingerprint density at radius 2 is 1.53 bits per heavy atom. The molecule has 0 fully saturated rings. The van der Waals surface area contributed by atoms with Crippen molar-refractivity contribution in [3.63, 3.8) is 0 Å². The largest absolute Gasteiger partial charge is 0.386 e. The van der Waals surface area contributed by atoms with Gasteiger partial charge in [-0.2, -0.15) is 8.78 Å². The van der Waals surface area contributed by atoms with E-state index in [1.807, 2.05) is 0 Å². The van der Waals surface area contributed by atoms with E-state index in [1.54, 1.807) is 0 Å². The Balaban J connectivity index is 3.24. The highest BCUT2D eigenvalue weighted by Gasteiger charge is 2.33. The van der Waals surface area contributed by atoms with E-state index in [0.717, 1.165) is 12.8 Å². The highest BCUT2D eigenvalue weighted by Crippen LogP contribution is 2.29. The van der Waals surface area contributed by atoms with Crippen molar-refractivity contribution in [2.24, 2.45) is 0 Å². The number of hydrogen-bond acceptors (Lipinski definition) is 1. The molecule has 92 valence electrons. The second kappa shape index (κ2) is 8.45. The van der Waals surface area contributed by atoms with Gasteiger partial charge >= 0.3 is 4.83 Å². The summed E-state index contributed by atoms with van der Waals surface area (Å²) in [5.74, 6) is 0. The molecule has 0 aliphatic rings. The van der Waals surface area contributed by atoms with Crippen molar-refractivity contribution < 1.29 is 13.9 Å². The van der Waals surface area contributed by atoms with E-state index >= 15 is 0 Å². The van der Waals surface area contributed by atoms with Crippen LogP contribution in [0, 0.1) is 0 Å². The average molecular weight is 287 g/mol. The van der Waals surface area contributed by atoms with Gasteiger partial charge in [0.05, 0.1) is 0 Å². The van der Waals surface area contributed by atoms with Gasteiger partial charge in [-0.15, -0.1) is 0 Å². The van der Waals surface area contributed by atoms with Crippen LogP contribution >= 0.6 is 15.9 Å². The van der Waals surface area contributed by atoms with Crippen LogP contribution in [-0.2, 0) is 0 Å². The molecular weight excluding hydrogens is 266 g/mol. The summed E-state index contributed by atoms with van der Waals surface area (Å²) < 4.78 is 24.9.